The molecule has 0 aliphatic carbocycles. The van der Waals surface area contributed by atoms with Crippen molar-refractivity contribution in [3.63, 3.8) is 0 Å². The summed E-state index contributed by atoms with van der Waals surface area (Å²) in [5.74, 6) is 0.520. The first kappa shape index (κ1) is 20.9. The van der Waals surface area contributed by atoms with Gasteiger partial charge >= 0.3 is 0 Å². The van der Waals surface area contributed by atoms with E-state index in [9.17, 15) is 0 Å². The Labute approximate surface area is 168 Å². The third-order valence-corrected chi connectivity index (χ3v) is 4.54. The molecule has 0 aromatic heterocycles. The summed E-state index contributed by atoms with van der Waals surface area (Å²) in [7, 11) is 0. The summed E-state index contributed by atoms with van der Waals surface area (Å²) < 4.78 is 0. The van der Waals surface area contributed by atoms with E-state index in [1.165, 1.54) is 11.3 Å². The Bertz CT molecular complexity index is 736. The Morgan fingerprint density at radius 1 is 1.07 bits per heavy atom. The van der Waals surface area contributed by atoms with Crippen molar-refractivity contribution < 1.29 is 0 Å². The lowest BCUT2D eigenvalue weighted by Crippen LogP contribution is -2.24. The average Bonchev–Trinajstić information content (AvgIpc) is 2.67. The van der Waals surface area contributed by atoms with Gasteiger partial charge in [-0.1, -0.05) is 45.0 Å². The van der Waals surface area contributed by atoms with Gasteiger partial charge in [-0.2, -0.15) is 5.10 Å². The fraction of sp³-hybridized carbons (Fsp3) is 0.364. The van der Waals surface area contributed by atoms with Crippen molar-refractivity contribution in [3.8, 4) is 0 Å². The van der Waals surface area contributed by atoms with Gasteiger partial charge in [0.2, 0.25) is 0 Å². The van der Waals surface area contributed by atoms with Crippen LogP contribution in [0.4, 0.5) is 11.4 Å². The van der Waals surface area contributed by atoms with Gasteiger partial charge in [0.1, 0.15) is 0 Å². The van der Waals surface area contributed by atoms with Crippen LogP contribution in [0.2, 0.25) is 0 Å². The van der Waals surface area contributed by atoms with Gasteiger partial charge in [-0.25, -0.2) is 0 Å². The van der Waals surface area contributed by atoms with E-state index in [-0.39, 0.29) is 0 Å². The normalized spacial score (nSPS) is 11.0. The minimum absolute atomic E-state index is 0.472. The van der Waals surface area contributed by atoms with Crippen molar-refractivity contribution in [3.05, 3.63) is 59.7 Å². The van der Waals surface area contributed by atoms with Gasteiger partial charge in [0.25, 0.3) is 0 Å². The molecule has 0 bridgehead atoms. The van der Waals surface area contributed by atoms with E-state index in [2.05, 4.69) is 84.8 Å². The van der Waals surface area contributed by atoms with Gasteiger partial charge in [-0.3, -0.25) is 5.43 Å². The number of benzene rings is 2. The van der Waals surface area contributed by atoms with E-state index in [4.69, 9.17) is 12.2 Å². The van der Waals surface area contributed by atoms with Gasteiger partial charge in [0.15, 0.2) is 5.11 Å². The molecule has 0 atom stereocenters. The van der Waals surface area contributed by atoms with Crippen molar-refractivity contribution in [1.29, 1.82) is 0 Å². The second kappa shape index (κ2) is 10.7. The van der Waals surface area contributed by atoms with Crippen molar-refractivity contribution >= 4 is 34.9 Å². The first-order chi connectivity index (χ1) is 13.0. The van der Waals surface area contributed by atoms with E-state index in [0.29, 0.717) is 11.0 Å². The van der Waals surface area contributed by atoms with E-state index < -0.39 is 0 Å². The van der Waals surface area contributed by atoms with E-state index in [0.717, 1.165) is 30.8 Å². The molecule has 0 aliphatic rings. The molecular weight excluding hydrogens is 352 g/mol. The Balaban J connectivity index is 1.86. The summed E-state index contributed by atoms with van der Waals surface area (Å²) in [6.07, 6.45) is 2.92. The molecule has 0 fully saturated rings. The third kappa shape index (κ3) is 6.68. The zero-order valence-electron chi connectivity index (χ0n) is 16.7. The van der Waals surface area contributed by atoms with Crippen molar-refractivity contribution in [2.45, 2.75) is 40.0 Å². The maximum Gasteiger partial charge on any atom is 0.191 e. The predicted octanol–water partition coefficient (Wildman–Crippen LogP) is 5.37. The zero-order valence-corrected chi connectivity index (χ0v) is 17.5. The largest absolute Gasteiger partial charge is 0.372 e. The van der Waals surface area contributed by atoms with Gasteiger partial charge in [0.05, 0.1) is 6.21 Å². The standard InChI is InChI=1S/C22H30N4S/c1-5-15-26(6-2)21-13-7-18(8-14-21)16-23-25-22(27)24-20-11-9-19(10-12-20)17(3)4/h7-14,16-17H,5-6,15H2,1-4H3,(H2,24,25,27)/b23-16-. The monoisotopic (exact) mass is 382 g/mol. The number of hydrogen-bond acceptors (Lipinski definition) is 3. The van der Waals surface area contributed by atoms with Crippen LogP contribution >= 0.6 is 12.2 Å². The molecule has 0 spiro atoms. The molecule has 0 saturated heterocycles. The zero-order chi connectivity index (χ0) is 19.6. The molecule has 2 rings (SSSR count). The second-order valence-corrected chi connectivity index (χ2v) is 7.18. The molecule has 2 aromatic rings. The molecule has 0 heterocycles. The lowest BCUT2D eigenvalue weighted by atomic mass is 10.0. The summed E-state index contributed by atoms with van der Waals surface area (Å²) >= 11 is 5.29. The van der Waals surface area contributed by atoms with Crippen molar-refractivity contribution in [2.24, 2.45) is 5.10 Å². The number of nitrogens with zero attached hydrogens (tertiary/aromatic N) is 2. The first-order valence-corrected chi connectivity index (χ1v) is 9.99. The van der Waals surface area contributed by atoms with Crippen LogP contribution in [0.5, 0.6) is 0 Å². The number of rotatable bonds is 8. The summed E-state index contributed by atoms with van der Waals surface area (Å²) in [5, 5.41) is 7.83. The van der Waals surface area contributed by atoms with E-state index in [1.807, 2.05) is 12.1 Å². The Kier molecular flexibility index (Phi) is 8.27. The van der Waals surface area contributed by atoms with Gasteiger partial charge in [-0.05, 0) is 66.9 Å². The molecule has 5 heteroatoms. The quantitative estimate of drug-likeness (QED) is 0.366. The molecular formula is C22H30N4S. The number of hydrazone groups is 1. The fourth-order valence-electron chi connectivity index (χ4n) is 2.79. The average molecular weight is 383 g/mol. The number of thiocarbonyl (C=S) groups is 1. The molecule has 2 aromatic carbocycles. The number of hydrogen-bond donors (Lipinski definition) is 2. The smallest absolute Gasteiger partial charge is 0.191 e. The molecule has 0 aliphatic heterocycles. The molecule has 2 N–H and O–H groups in total. The third-order valence-electron chi connectivity index (χ3n) is 4.35. The second-order valence-electron chi connectivity index (χ2n) is 6.77. The Morgan fingerprint density at radius 3 is 2.30 bits per heavy atom. The Morgan fingerprint density at radius 2 is 1.74 bits per heavy atom. The van der Waals surface area contributed by atoms with Crippen LogP contribution in [0.1, 0.15) is 51.2 Å². The van der Waals surface area contributed by atoms with Crippen LogP contribution in [-0.4, -0.2) is 24.4 Å². The van der Waals surface area contributed by atoms with E-state index in [1.54, 1.807) is 6.21 Å². The SMILES string of the molecule is CCCN(CC)c1ccc(/C=N\NC(=S)Nc2ccc(C(C)C)cc2)cc1. The molecule has 0 radical (unpaired) electrons. The number of anilines is 2. The van der Waals surface area contributed by atoms with Crippen LogP contribution in [0, 0.1) is 0 Å². The fourth-order valence-corrected chi connectivity index (χ4v) is 2.96. The van der Waals surface area contributed by atoms with Crippen molar-refractivity contribution in [2.75, 3.05) is 23.3 Å². The summed E-state index contributed by atoms with van der Waals surface area (Å²) in [6.45, 7) is 10.8. The summed E-state index contributed by atoms with van der Waals surface area (Å²) in [5.41, 5.74) is 7.40. The molecule has 0 unspecified atom stereocenters. The first-order valence-electron chi connectivity index (χ1n) is 9.58. The summed E-state index contributed by atoms with van der Waals surface area (Å²) in [6, 6.07) is 16.7. The topological polar surface area (TPSA) is 39.7 Å². The maximum atomic E-state index is 5.29. The van der Waals surface area contributed by atoms with Gasteiger partial charge < -0.3 is 10.2 Å². The highest BCUT2D eigenvalue weighted by Crippen LogP contribution is 2.17. The van der Waals surface area contributed by atoms with Gasteiger partial charge in [-0.15, -0.1) is 0 Å². The minimum Gasteiger partial charge on any atom is -0.372 e. The number of nitrogens with one attached hydrogen (secondary N) is 2. The predicted molar refractivity (Wildman–Crippen MR) is 122 cm³/mol. The van der Waals surface area contributed by atoms with Gasteiger partial charge in [0, 0.05) is 24.5 Å². The molecule has 0 saturated carbocycles. The molecule has 144 valence electrons. The molecule has 0 amide bonds. The highest BCUT2D eigenvalue weighted by Gasteiger charge is 2.02. The van der Waals surface area contributed by atoms with Crippen LogP contribution in [0.15, 0.2) is 53.6 Å². The highest BCUT2D eigenvalue weighted by atomic mass is 32.1. The Hall–Kier alpha value is -2.40. The minimum atomic E-state index is 0.472. The lowest BCUT2D eigenvalue weighted by molar-refractivity contribution is 0.792. The maximum absolute atomic E-state index is 5.29. The van der Waals surface area contributed by atoms with Crippen LogP contribution in [-0.2, 0) is 0 Å². The lowest BCUT2D eigenvalue weighted by Gasteiger charge is -2.22. The van der Waals surface area contributed by atoms with E-state index >= 15 is 0 Å². The van der Waals surface area contributed by atoms with Crippen molar-refractivity contribution in [1.82, 2.24) is 5.43 Å². The molecule has 27 heavy (non-hydrogen) atoms. The van der Waals surface area contributed by atoms with Crippen LogP contribution in [0.3, 0.4) is 0 Å². The van der Waals surface area contributed by atoms with Crippen LogP contribution < -0.4 is 15.6 Å². The summed E-state index contributed by atoms with van der Waals surface area (Å²) in [4.78, 5) is 2.36. The van der Waals surface area contributed by atoms with Crippen LogP contribution in [0.25, 0.3) is 0 Å². The molecule has 4 nitrogen and oxygen atoms in total. The highest BCUT2D eigenvalue weighted by molar-refractivity contribution is 7.80.